The third kappa shape index (κ3) is 5.04. The lowest BCUT2D eigenvalue weighted by molar-refractivity contribution is -0.119. The number of ether oxygens (including phenoxy) is 1. The van der Waals surface area contributed by atoms with Crippen molar-refractivity contribution in [1.82, 2.24) is 0 Å². The minimum absolute atomic E-state index is 0.00885. The number of hydrogen-bond donors (Lipinski definition) is 1. The van der Waals surface area contributed by atoms with Crippen LogP contribution in [0.25, 0.3) is 0 Å². The summed E-state index contributed by atoms with van der Waals surface area (Å²) in [4.78, 5) is 29.2. The normalized spacial score (nSPS) is 19.0. The van der Waals surface area contributed by atoms with E-state index in [0.717, 1.165) is 46.8 Å². The van der Waals surface area contributed by atoms with Crippen LogP contribution < -0.4 is 15.0 Å². The summed E-state index contributed by atoms with van der Waals surface area (Å²) in [6.45, 7) is 4.73. The predicted octanol–water partition coefficient (Wildman–Crippen LogP) is 7.18. The fourth-order valence-corrected chi connectivity index (χ4v) is 5.39. The van der Waals surface area contributed by atoms with Crippen LogP contribution >= 0.6 is 0 Å². The van der Waals surface area contributed by atoms with Gasteiger partial charge in [-0.2, -0.15) is 0 Å². The van der Waals surface area contributed by atoms with Gasteiger partial charge in [0.1, 0.15) is 5.75 Å². The van der Waals surface area contributed by atoms with Crippen LogP contribution in [-0.4, -0.2) is 18.3 Å². The molecule has 0 aromatic heterocycles. The van der Waals surface area contributed by atoms with Crippen molar-refractivity contribution in [2.24, 2.45) is 0 Å². The average Bonchev–Trinajstić information content (AvgIpc) is 3.08. The number of nitrogens with one attached hydrogen (secondary N) is 1. The lowest BCUT2D eigenvalue weighted by Crippen LogP contribution is -2.38. The number of Topliss-reactive ketones (excluding diaryl/α,β-unsaturated/α-hetero) is 1. The van der Waals surface area contributed by atoms with Gasteiger partial charge in [0.05, 0.1) is 24.0 Å². The number of nitrogens with zero attached hydrogens (tertiary/aromatic N) is 1. The molecule has 1 amide bonds. The van der Waals surface area contributed by atoms with Gasteiger partial charge in [0, 0.05) is 24.1 Å². The van der Waals surface area contributed by atoms with E-state index >= 15 is 0 Å². The number of para-hydroxylation sites is 2. The Hall–Kier alpha value is -3.86. The molecule has 1 aliphatic heterocycles. The molecule has 0 saturated heterocycles. The summed E-state index contributed by atoms with van der Waals surface area (Å²) < 4.78 is 5.83. The second-order valence-electron chi connectivity index (χ2n) is 9.76. The highest BCUT2D eigenvalue weighted by molar-refractivity contribution is 6.06. The lowest BCUT2D eigenvalue weighted by atomic mass is 9.78. The molecule has 190 valence electrons. The van der Waals surface area contributed by atoms with Gasteiger partial charge in [-0.25, -0.2) is 0 Å². The number of allylic oxidation sites excluding steroid dienone is 1. The molecule has 1 aliphatic carbocycles. The number of amides is 1. The van der Waals surface area contributed by atoms with Gasteiger partial charge in [-0.3, -0.25) is 14.5 Å². The van der Waals surface area contributed by atoms with Crippen molar-refractivity contribution < 1.29 is 14.3 Å². The first-order valence-corrected chi connectivity index (χ1v) is 13.3. The summed E-state index contributed by atoms with van der Waals surface area (Å²) in [6.07, 6.45) is 3.58. The molecular weight excluding hydrogens is 460 g/mol. The monoisotopic (exact) mass is 494 g/mol. The van der Waals surface area contributed by atoms with Crippen LogP contribution in [0.5, 0.6) is 5.75 Å². The number of hydrogen-bond acceptors (Lipinski definition) is 4. The van der Waals surface area contributed by atoms with Crippen LogP contribution in [0.2, 0.25) is 0 Å². The summed E-state index contributed by atoms with van der Waals surface area (Å²) in [5.74, 6) is 0.988. The largest absolute Gasteiger partial charge is 0.494 e. The smallest absolute Gasteiger partial charge is 0.227 e. The molecule has 0 fully saturated rings. The molecule has 5 rings (SSSR count). The van der Waals surface area contributed by atoms with Crippen molar-refractivity contribution >= 4 is 23.1 Å². The zero-order valence-corrected chi connectivity index (χ0v) is 21.6. The SMILES string of the molecule is CCCCOc1ccc([C@@H]2CC(=O)C3=C(C2)Nc2ccccc2N(C(=O)CC)[C@@H]3c2ccccc2)cc1. The van der Waals surface area contributed by atoms with Crippen molar-refractivity contribution in [3.05, 3.63) is 101 Å². The number of rotatable bonds is 7. The number of anilines is 2. The Balaban J connectivity index is 1.55. The van der Waals surface area contributed by atoms with E-state index in [2.05, 4.69) is 24.4 Å². The van der Waals surface area contributed by atoms with Crippen LogP contribution in [0.4, 0.5) is 11.4 Å². The molecule has 0 spiro atoms. The molecule has 0 bridgehead atoms. The quantitative estimate of drug-likeness (QED) is 0.354. The van der Waals surface area contributed by atoms with Gasteiger partial charge < -0.3 is 10.1 Å². The predicted molar refractivity (Wildman–Crippen MR) is 148 cm³/mol. The molecule has 2 atom stereocenters. The molecule has 3 aromatic carbocycles. The molecule has 37 heavy (non-hydrogen) atoms. The van der Waals surface area contributed by atoms with Gasteiger partial charge in [-0.15, -0.1) is 0 Å². The van der Waals surface area contributed by atoms with E-state index in [1.54, 1.807) is 0 Å². The zero-order chi connectivity index (χ0) is 25.8. The minimum atomic E-state index is -0.470. The third-order valence-electron chi connectivity index (χ3n) is 7.29. The first kappa shape index (κ1) is 24.8. The summed E-state index contributed by atoms with van der Waals surface area (Å²) in [5.41, 5.74) is 5.31. The van der Waals surface area contributed by atoms with Crippen molar-refractivity contribution in [2.45, 2.75) is 57.9 Å². The Labute approximate surface area is 219 Å². The maximum atomic E-state index is 13.9. The number of benzene rings is 3. The minimum Gasteiger partial charge on any atom is -0.494 e. The van der Waals surface area contributed by atoms with Crippen LogP contribution in [0.15, 0.2) is 90.1 Å². The Kier molecular flexibility index (Phi) is 7.40. The van der Waals surface area contributed by atoms with E-state index in [1.807, 2.05) is 78.6 Å². The van der Waals surface area contributed by atoms with E-state index in [1.165, 1.54) is 0 Å². The second-order valence-corrected chi connectivity index (χ2v) is 9.76. The van der Waals surface area contributed by atoms with Gasteiger partial charge >= 0.3 is 0 Å². The molecule has 3 aromatic rings. The molecular formula is C32H34N2O3. The van der Waals surface area contributed by atoms with Gasteiger partial charge in [-0.05, 0) is 54.2 Å². The van der Waals surface area contributed by atoms with Crippen LogP contribution in [0.1, 0.15) is 69.0 Å². The maximum absolute atomic E-state index is 13.9. The number of carbonyl (C=O) groups is 2. The van der Waals surface area contributed by atoms with E-state index in [9.17, 15) is 9.59 Å². The molecule has 5 nitrogen and oxygen atoms in total. The molecule has 5 heteroatoms. The summed E-state index contributed by atoms with van der Waals surface area (Å²) in [7, 11) is 0. The fourth-order valence-electron chi connectivity index (χ4n) is 5.39. The standard InChI is InChI=1S/C32H34N2O3/c1-3-5-19-37-25-17-15-22(16-18-25)24-20-27-31(29(35)21-24)32(23-11-7-6-8-12-23)34(30(36)4-2)28-14-10-9-13-26(28)33-27/h6-18,24,32-33H,3-5,19-21H2,1-2H3/t24-,32+/m0/s1. The van der Waals surface area contributed by atoms with E-state index in [-0.39, 0.29) is 17.6 Å². The second kappa shape index (κ2) is 11.0. The first-order valence-electron chi connectivity index (χ1n) is 13.3. The van der Waals surface area contributed by atoms with E-state index < -0.39 is 6.04 Å². The Bertz CT molecular complexity index is 1300. The highest BCUT2D eigenvalue weighted by Crippen LogP contribution is 2.47. The number of unbranched alkanes of at least 4 members (excludes halogenated alkanes) is 1. The molecule has 0 radical (unpaired) electrons. The van der Waals surface area contributed by atoms with Crippen molar-refractivity contribution in [3.63, 3.8) is 0 Å². The van der Waals surface area contributed by atoms with E-state index in [0.29, 0.717) is 31.4 Å². The topological polar surface area (TPSA) is 58.6 Å². The van der Waals surface area contributed by atoms with Crippen LogP contribution in [0.3, 0.4) is 0 Å². The highest BCUT2D eigenvalue weighted by atomic mass is 16.5. The van der Waals surface area contributed by atoms with Gasteiger partial charge in [0.15, 0.2) is 5.78 Å². The summed E-state index contributed by atoms with van der Waals surface area (Å²) >= 11 is 0. The lowest BCUT2D eigenvalue weighted by Gasteiger charge is -2.35. The van der Waals surface area contributed by atoms with Crippen molar-refractivity contribution in [2.75, 3.05) is 16.8 Å². The van der Waals surface area contributed by atoms with E-state index in [4.69, 9.17) is 4.74 Å². The van der Waals surface area contributed by atoms with Gasteiger partial charge in [0.2, 0.25) is 5.91 Å². The Morgan fingerprint density at radius 2 is 1.65 bits per heavy atom. The summed E-state index contributed by atoms with van der Waals surface area (Å²) in [6, 6.07) is 25.5. The maximum Gasteiger partial charge on any atom is 0.227 e. The number of fused-ring (bicyclic) bond motifs is 1. The Morgan fingerprint density at radius 3 is 2.38 bits per heavy atom. The molecule has 1 N–H and O–H groups in total. The van der Waals surface area contributed by atoms with Crippen LogP contribution in [-0.2, 0) is 9.59 Å². The molecule has 0 saturated carbocycles. The number of ketones is 1. The summed E-state index contributed by atoms with van der Waals surface area (Å²) in [5, 5.41) is 3.59. The first-order chi connectivity index (χ1) is 18.1. The Morgan fingerprint density at radius 1 is 0.919 bits per heavy atom. The van der Waals surface area contributed by atoms with Gasteiger partial charge in [-0.1, -0.05) is 74.9 Å². The number of carbonyl (C=O) groups excluding carboxylic acids is 2. The molecule has 1 heterocycles. The van der Waals surface area contributed by atoms with Crippen LogP contribution in [0, 0.1) is 0 Å². The zero-order valence-electron chi connectivity index (χ0n) is 21.6. The van der Waals surface area contributed by atoms with Crippen molar-refractivity contribution in [1.29, 1.82) is 0 Å². The highest BCUT2D eigenvalue weighted by Gasteiger charge is 2.41. The molecule has 0 unspecified atom stereocenters. The van der Waals surface area contributed by atoms with Gasteiger partial charge in [0.25, 0.3) is 0 Å². The average molecular weight is 495 g/mol. The fraction of sp³-hybridized carbons (Fsp3) is 0.312. The molecule has 2 aliphatic rings. The third-order valence-corrected chi connectivity index (χ3v) is 7.29. The van der Waals surface area contributed by atoms with Crippen molar-refractivity contribution in [3.8, 4) is 5.75 Å².